The van der Waals surface area contributed by atoms with Gasteiger partial charge in [0.25, 0.3) is 0 Å². The Morgan fingerprint density at radius 3 is 2.70 bits per heavy atom. The van der Waals surface area contributed by atoms with Gasteiger partial charge in [-0.2, -0.15) is 0 Å². The van der Waals surface area contributed by atoms with Gasteiger partial charge in [0.2, 0.25) is 5.78 Å². The zero-order valence-corrected chi connectivity index (χ0v) is 15.3. The molecule has 4 nitrogen and oxygen atoms in total. The maximum Gasteiger partial charge on any atom is 0.307 e. The first kappa shape index (κ1) is 19.1. The summed E-state index contributed by atoms with van der Waals surface area (Å²) in [4.78, 5) is 28.0. The van der Waals surface area contributed by atoms with Crippen LogP contribution in [-0.2, 0) is 9.53 Å². The number of Topliss-reactive ketones (excluding diaryl/α,β-unsaturated/α-hetero) is 1. The summed E-state index contributed by atoms with van der Waals surface area (Å²) in [6.07, 6.45) is 0.746. The molecule has 0 spiro atoms. The molecule has 0 aliphatic heterocycles. The van der Waals surface area contributed by atoms with Gasteiger partial charge in [-0.1, -0.05) is 18.2 Å². The van der Waals surface area contributed by atoms with Crippen molar-refractivity contribution >= 4 is 34.4 Å². The van der Waals surface area contributed by atoms with Gasteiger partial charge >= 0.3 is 5.97 Å². The van der Waals surface area contributed by atoms with Crippen molar-refractivity contribution in [2.75, 3.05) is 5.75 Å². The van der Waals surface area contributed by atoms with E-state index in [2.05, 4.69) is 4.98 Å². The zero-order valence-electron chi connectivity index (χ0n) is 14.5. The number of rotatable bonds is 7. The normalized spacial score (nSPS) is 12.1. The molecule has 140 valence electrons. The van der Waals surface area contributed by atoms with Crippen LogP contribution in [0.1, 0.15) is 23.7 Å². The van der Waals surface area contributed by atoms with Gasteiger partial charge in [-0.25, -0.2) is 8.78 Å². The number of thioether (sulfide) groups is 1. The van der Waals surface area contributed by atoms with E-state index in [1.165, 1.54) is 24.8 Å². The molecule has 0 saturated carbocycles. The van der Waals surface area contributed by atoms with Crippen molar-refractivity contribution < 1.29 is 23.1 Å². The molecule has 1 N–H and O–H groups in total. The highest BCUT2D eigenvalue weighted by molar-refractivity contribution is 7.99. The number of hydrogen-bond acceptors (Lipinski definition) is 4. The summed E-state index contributed by atoms with van der Waals surface area (Å²) >= 11 is 1.21. The van der Waals surface area contributed by atoms with Gasteiger partial charge in [0.05, 0.1) is 6.42 Å². The number of ketones is 1. The first-order chi connectivity index (χ1) is 13.0. The maximum absolute atomic E-state index is 13.2. The van der Waals surface area contributed by atoms with E-state index in [4.69, 9.17) is 4.74 Å². The highest BCUT2D eigenvalue weighted by Crippen LogP contribution is 2.22. The standard InChI is InChI=1S/C20H17F2NO3S/c1-12(20(25)15-11-23-18-5-3-2-4-14(15)18)26-19(24)8-9-27-13-6-7-16(21)17(22)10-13/h2-7,10-12,23H,8-9H2,1H3/t12-/m0/s1. The lowest BCUT2D eigenvalue weighted by Gasteiger charge is -2.12. The Morgan fingerprint density at radius 1 is 1.15 bits per heavy atom. The Kier molecular flexibility index (Phi) is 5.91. The average Bonchev–Trinajstić information content (AvgIpc) is 3.08. The summed E-state index contributed by atoms with van der Waals surface area (Å²) in [7, 11) is 0. The molecular formula is C20H17F2NO3S. The summed E-state index contributed by atoms with van der Waals surface area (Å²) in [6, 6.07) is 10.9. The van der Waals surface area contributed by atoms with Gasteiger partial charge in [0, 0.05) is 33.3 Å². The van der Waals surface area contributed by atoms with Crippen LogP contribution < -0.4 is 0 Å². The maximum atomic E-state index is 13.2. The molecule has 3 aromatic rings. The summed E-state index contributed by atoms with van der Waals surface area (Å²) < 4.78 is 31.3. The number of carbonyl (C=O) groups excluding carboxylic acids is 2. The molecule has 0 fully saturated rings. The van der Waals surface area contributed by atoms with Gasteiger partial charge in [-0.3, -0.25) is 9.59 Å². The topological polar surface area (TPSA) is 59.2 Å². The number of halogens is 2. The van der Waals surface area contributed by atoms with E-state index in [1.54, 1.807) is 6.20 Å². The molecule has 0 unspecified atom stereocenters. The van der Waals surface area contributed by atoms with Gasteiger partial charge in [0.15, 0.2) is 17.7 Å². The van der Waals surface area contributed by atoms with Gasteiger partial charge < -0.3 is 9.72 Å². The molecule has 0 saturated heterocycles. The Hall–Kier alpha value is -2.67. The Balaban J connectivity index is 1.52. The number of aromatic amines is 1. The molecule has 0 amide bonds. The highest BCUT2D eigenvalue weighted by Gasteiger charge is 2.22. The van der Waals surface area contributed by atoms with E-state index in [-0.39, 0.29) is 12.2 Å². The molecular weight excluding hydrogens is 372 g/mol. The molecule has 3 rings (SSSR count). The Labute approximate surface area is 158 Å². The Bertz CT molecular complexity index is 986. The van der Waals surface area contributed by atoms with Crippen molar-refractivity contribution in [1.82, 2.24) is 4.98 Å². The smallest absolute Gasteiger partial charge is 0.307 e. The minimum absolute atomic E-state index is 0.0508. The molecule has 0 bridgehead atoms. The summed E-state index contributed by atoms with van der Waals surface area (Å²) in [6.45, 7) is 1.53. The largest absolute Gasteiger partial charge is 0.454 e. The zero-order chi connectivity index (χ0) is 19.4. The number of ether oxygens (including phenoxy) is 1. The van der Waals surface area contributed by atoms with E-state index < -0.39 is 23.7 Å². The van der Waals surface area contributed by atoms with Crippen LogP contribution in [0.5, 0.6) is 0 Å². The van der Waals surface area contributed by atoms with E-state index in [0.717, 1.165) is 23.0 Å². The molecule has 0 radical (unpaired) electrons. The number of nitrogens with one attached hydrogen (secondary N) is 1. The van der Waals surface area contributed by atoms with Crippen LogP contribution in [-0.4, -0.2) is 28.6 Å². The van der Waals surface area contributed by atoms with Crippen molar-refractivity contribution in [2.24, 2.45) is 0 Å². The van der Waals surface area contributed by atoms with E-state index in [0.29, 0.717) is 16.2 Å². The number of aromatic nitrogens is 1. The fourth-order valence-corrected chi connectivity index (χ4v) is 3.48. The molecule has 1 atom stereocenters. The van der Waals surface area contributed by atoms with Crippen molar-refractivity contribution in [1.29, 1.82) is 0 Å². The lowest BCUT2D eigenvalue weighted by molar-refractivity contribution is -0.145. The van der Waals surface area contributed by atoms with Crippen molar-refractivity contribution in [3.05, 3.63) is 65.9 Å². The van der Waals surface area contributed by atoms with Crippen LogP contribution in [0.25, 0.3) is 10.9 Å². The van der Waals surface area contributed by atoms with Crippen LogP contribution in [0.3, 0.4) is 0 Å². The van der Waals surface area contributed by atoms with Crippen molar-refractivity contribution in [2.45, 2.75) is 24.3 Å². The van der Waals surface area contributed by atoms with Crippen LogP contribution >= 0.6 is 11.8 Å². The van der Waals surface area contributed by atoms with E-state index in [9.17, 15) is 18.4 Å². The molecule has 27 heavy (non-hydrogen) atoms. The molecule has 0 aliphatic rings. The van der Waals surface area contributed by atoms with Crippen LogP contribution in [0.4, 0.5) is 8.78 Å². The number of hydrogen-bond donors (Lipinski definition) is 1. The third-order valence-electron chi connectivity index (χ3n) is 4.00. The lowest BCUT2D eigenvalue weighted by Crippen LogP contribution is -2.24. The fraction of sp³-hybridized carbons (Fsp3) is 0.200. The highest BCUT2D eigenvalue weighted by atomic mass is 32.2. The third kappa shape index (κ3) is 4.54. The molecule has 1 aromatic heterocycles. The number of fused-ring (bicyclic) bond motifs is 1. The third-order valence-corrected chi connectivity index (χ3v) is 4.99. The predicted octanol–water partition coefficient (Wildman–Crippen LogP) is 4.74. The summed E-state index contributed by atoms with van der Waals surface area (Å²) in [5, 5.41) is 0.777. The molecule has 7 heteroatoms. The van der Waals surface area contributed by atoms with E-state index in [1.807, 2.05) is 24.3 Å². The summed E-state index contributed by atoms with van der Waals surface area (Å²) in [5.41, 5.74) is 1.31. The molecule has 1 heterocycles. The quantitative estimate of drug-likeness (QED) is 0.360. The van der Waals surface area contributed by atoms with Crippen molar-refractivity contribution in [3.63, 3.8) is 0 Å². The van der Waals surface area contributed by atoms with E-state index >= 15 is 0 Å². The van der Waals surface area contributed by atoms with Crippen LogP contribution in [0.2, 0.25) is 0 Å². The number of carbonyl (C=O) groups is 2. The SMILES string of the molecule is C[C@H](OC(=O)CCSc1ccc(F)c(F)c1)C(=O)c1c[nH]c2ccccc12. The lowest BCUT2D eigenvalue weighted by atomic mass is 10.1. The first-order valence-electron chi connectivity index (χ1n) is 8.33. The Morgan fingerprint density at radius 2 is 1.93 bits per heavy atom. The summed E-state index contributed by atoms with van der Waals surface area (Å²) in [5.74, 6) is -2.32. The minimum Gasteiger partial charge on any atom is -0.454 e. The second-order valence-electron chi connectivity index (χ2n) is 5.92. The monoisotopic (exact) mass is 389 g/mol. The van der Waals surface area contributed by atoms with Crippen molar-refractivity contribution in [3.8, 4) is 0 Å². The van der Waals surface area contributed by atoms with Gasteiger partial charge in [0.1, 0.15) is 0 Å². The first-order valence-corrected chi connectivity index (χ1v) is 9.32. The minimum atomic E-state index is -0.930. The number of esters is 1. The second kappa shape index (κ2) is 8.35. The second-order valence-corrected chi connectivity index (χ2v) is 7.09. The average molecular weight is 389 g/mol. The predicted molar refractivity (Wildman–Crippen MR) is 99.9 cm³/mol. The van der Waals surface area contributed by atoms with Crippen LogP contribution in [0, 0.1) is 11.6 Å². The van der Waals surface area contributed by atoms with Crippen LogP contribution in [0.15, 0.2) is 53.6 Å². The number of H-pyrrole nitrogens is 1. The van der Waals surface area contributed by atoms with Gasteiger partial charge in [-0.05, 0) is 31.2 Å². The van der Waals surface area contributed by atoms with Gasteiger partial charge in [-0.15, -0.1) is 11.8 Å². The number of benzene rings is 2. The number of para-hydroxylation sites is 1. The fourth-order valence-electron chi connectivity index (χ4n) is 2.62. The molecule has 0 aliphatic carbocycles. The molecule has 2 aromatic carbocycles.